The van der Waals surface area contributed by atoms with Gasteiger partial charge in [0.1, 0.15) is 0 Å². The van der Waals surface area contributed by atoms with Crippen LogP contribution in [-0.2, 0) is 6.42 Å². The molecule has 80 valence electrons. The molecule has 1 aromatic heterocycles. The summed E-state index contributed by atoms with van der Waals surface area (Å²) in [5, 5.41) is 5.48. The zero-order valence-electron chi connectivity index (χ0n) is 9.12. The van der Waals surface area contributed by atoms with E-state index < -0.39 is 0 Å². The van der Waals surface area contributed by atoms with Crippen LogP contribution in [0, 0.1) is 0 Å². The average molecular weight is 212 g/mol. The normalized spacial score (nSPS) is 11.1. The van der Waals surface area contributed by atoms with Gasteiger partial charge in [-0.05, 0) is 31.5 Å². The highest BCUT2D eigenvalue weighted by Crippen LogP contribution is 2.08. The first-order valence-electron chi connectivity index (χ1n) is 5.24. The van der Waals surface area contributed by atoms with Gasteiger partial charge in [-0.2, -0.15) is 0 Å². The molecule has 0 radical (unpaired) electrons. The van der Waals surface area contributed by atoms with Crippen LogP contribution < -0.4 is 5.32 Å². The topological polar surface area (TPSA) is 15.3 Å². The van der Waals surface area contributed by atoms with Gasteiger partial charge in [0.05, 0.1) is 0 Å². The van der Waals surface area contributed by atoms with Gasteiger partial charge in [0.15, 0.2) is 0 Å². The predicted octanol–water partition coefficient (Wildman–Crippen LogP) is 1.83. The van der Waals surface area contributed by atoms with Gasteiger partial charge in [-0.25, -0.2) is 0 Å². The van der Waals surface area contributed by atoms with Crippen molar-refractivity contribution in [2.45, 2.75) is 13.3 Å². The van der Waals surface area contributed by atoms with Crippen LogP contribution in [0.4, 0.5) is 0 Å². The first-order chi connectivity index (χ1) is 6.83. The second-order valence-electron chi connectivity index (χ2n) is 3.49. The van der Waals surface area contributed by atoms with Crippen LogP contribution in [0.2, 0.25) is 0 Å². The van der Waals surface area contributed by atoms with Crippen molar-refractivity contribution in [3.05, 3.63) is 22.4 Å². The zero-order valence-corrected chi connectivity index (χ0v) is 9.94. The Morgan fingerprint density at radius 3 is 2.93 bits per heavy atom. The standard InChI is InChI=1S/C11H20N2S/c1-3-12-7-9-13(2)8-6-11-5-4-10-14-11/h4-5,10,12H,3,6-9H2,1-2H3. The SMILES string of the molecule is CCNCCN(C)CCc1cccs1. The fourth-order valence-corrected chi connectivity index (χ4v) is 2.01. The monoisotopic (exact) mass is 212 g/mol. The highest BCUT2D eigenvalue weighted by molar-refractivity contribution is 7.09. The highest BCUT2D eigenvalue weighted by atomic mass is 32.1. The van der Waals surface area contributed by atoms with Gasteiger partial charge in [-0.3, -0.25) is 0 Å². The van der Waals surface area contributed by atoms with E-state index in [1.54, 1.807) is 0 Å². The first-order valence-corrected chi connectivity index (χ1v) is 6.12. The number of hydrogen-bond donors (Lipinski definition) is 1. The lowest BCUT2D eigenvalue weighted by Gasteiger charge is -2.15. The van der Waals surface area contributed by atoms with Gasteiger partial charge < -0.3 is 10.2 Å². The van der Waals surface area contributed by atoms with Crippen molar-refractivity contribution in [3.63, 3.8) is 0 Å². The van der Waals surface area contributed by atoms with E-state index in [2.05, 4.69) is 41.7 Å². The molecule has 0 saturated carbocycles. The van der Waals surface area contributed by atoms with Crippen LogP contribution in [0.1, 0.15) is 11.8 Å². The minimum absolute atomic E-state index is 1.07. The van der Waals surface area contributed by atoms with Gasteiger partial charge in [-0.1, -0.05) is 13.0 Å². The molecule has 0 spiro atoms. The lowest BCUT2D eigenvalue weighted by molar-refractivity contribution is 0.337. The van der Waals surface area contributed by atoms with Crippen LogP contribution >= 0.6 is 11.3 Å². The molecule has 0 atom stereocenters. The summed E-state index contributed by atoms with van der Waals surface area (Å²) in [6, 6.07) is 4.33. The van der Waals surface area contributed by atoms with Gasteiger partial charge in [0.2, 0.25) is 0 Å². The van der Waals surface area contributed by atoms with Crippen molar-refractivity contribution >= 4 is 11.3 Å². The molecule has 2 nitrogen and oxygen atoms in total. The Balaban J connectivity index is 2.06. The molecule has 1 rings (SSSR count). The summed E-state index contributed by atoms with van der Waals surface area (Å²) >= 11 is 1.85. The molecule has 1 aromatic rings. The maximum absolute atomic E-state index is 3.33. The highest BCUT2D eigenvalue weighted by Gasteiger charge is 1.99. The van der Waals surface area contributed by atoms with E-state index in [0.717, 1.165) is 26.2 Å². The summed E-state index contributed by atoms with van der Waals surface area (Å²) in [6.07, 6.45) is 1.18. The molecule has 1 N–H and O–H groups in total. The number of nitrogens with one attached hydrogen (secondary N) is 1. The summed E-state index contributed by atoms with van der Waals surface area (Å²) in [5.74, 6) is 0. The maximum atomic E-state index is 3.33. The summed E-state index contributed by atoms with van der Waals surface area (Å²) in [5.41, 5.74) is 0. The fraction of sp³-hybridized carbons (Fsp3) is 0.636. The molecule has 0 unspecified atom stereocenters. The quantitative estimate of drug-likeness (QED) is 0.694. The Morgan fingerprint density at radius 1 is 1.43 bits per heavy atom. The van der Waals surface area contributed by atoms with E-state index in [-0.39, 0.29) is 0 Å². The number of hydrogen-bond acceptors (Lipinski definition) is 3. The van der Waals surface area contributed by atoms with E-state index in [1.165, 1.54) is 11.3 Å². The molecule has 0 aromatic carbocycles. The van der Waals surface area contributed by atoms with E-state index in [9.17, 15) is 0 Å². The van der Waals surface area contributed by atoms with Crippen molar-refractivity contribution in [2.24, 2.45) is 0 Å². The Hall–Kier alpha value is -0.380. The largest absolute Gasteiger partial charge is 0.316 e. The van der Waals surface area contributed by atoms with E-state index in [1.807, 2.05) is 11.3 Å². The number of nitrogens with zero attached hydrogens (tertiary/aromatic N) is 1. The molecule has 14 heavy (non-hydrogen) atoms. The first kappa shape index (κ1) is 11.7. The molecule has 1 heterocycles. The summed E-state index contributed by atoms with van der Waals surface area (Å²) in [4.78, 5) is 3.86. The molecule has 0 fully saturated rings. The Kier molecular flexibility index (Phi) is 5.83. The molecule has 0 aliphatic heterocycles. The molecular weight excluding hydrogens is 192 g/mol. The molecule has 0 bridgehead atoms. The minimum atomic E-state index is 1.07. The number of thiophene rings is 1. The molecule has 3 heteroatoms. The summed E-state index contributed by atoms with van der Waals surface area (Å²) in [6.45, 7) is 6.60. The lowest BCUT2D eigenvalue weighted by Crippen LogP contribution is -2.30. The van der Waals surface area contributed by atoms with Gasteiger partial charge >= 0.3 is 0 Å². The molecule has 0 saturated heterocycles. The van der Waals surface area contributed by atoms with Crippen molar-refractivity contribution in [1.82, 2.24) is 10.2 Å². The van der Waals surface area contributed by atoms with Crippen LogP contribution in [0.5, 0.6) is 0 Å². The van der Waals surface area contributed by atoms with Crippen LogP contribution in [-0.4, -0.2) is 38.1 Å². The van der Waals surface area contributed by atoms with Crippen molar-refractivity contribution in [2.75, 3.05) is 33.2 Å². The third-order valence-corrected chi connectivity index (χ3v) is 3.18. The summed E-state index contributed by atoms with van der Waals surface area (Å²) < 4.78 is 0. The van der Waals surface area contributed by atoms with E-state index >= 15 is 0 Å². The average Bonchev–Trinajstić information content (AvgIpc) is 2.68. The van der Waals surface area contributed by atoms with Crippen LogP contribution in [0.3, 0.4) is 0 Å². The van der Waals surface area contributed by atoms with Crippen LogP contribution in [0.15, 0.2) is 17.5 Å². The Morgan fingerprint density at radius 2 is 2.29 bits per heavy atom. The molecule has 0 amide bonds. The lowest BCUT2D eigenvalue weighted by atomic mass is 10.3. The molecule has 0 aliphatic rings. The third-order valence-electron chi connectivity index (χ3n) is 2.24. The van der Waals surface area contributed by atoms with Crippen LogP contribution in [0.25, 0.3) is 0 Å². The molecular formula is C11H20N2S. The summed E-state index contributed by atoms with van der Waals surface area (Å²) in [7, 11) is 2.19. The van der Waals surface area contributed by atoms with E-state index in [4.69, 9.17) is 0 Å². The number of rotatable bonds is 7. The zero-order chi connectivity index (χ0) is 10.2. The fourth-order valence-electron chi connectivity index (χ4n) is 1.31. The smallest absolute Gasteiger partial charge is 0.0104 e. The number of likely N-dealkylation sites (N-methyl/N-ethyl adjacent to an activating group) is 2. The van der Waals surface area contributed by atoms with Gasteiger partial charge in [0.25, 0.3) is 0 Å². The second-order valence-corrected chi connectivity index (χ2v) is 4.52. The van der Waals surface area contributed by atoms with Crippen molar-refractivity contribution in [1.29, 1.82) is 0 Å². The maximum Gasteiger partial charge on any atom is 0.0104 e. The second kappa shape index (κ2) is 6.98. The minimum Gasteiger partial charge on any atom is -0.316 e. The predicted molar refractivity (Wildman–Crippen MR) is 64.1 cm³/mol. The Labute approximate surface area is 90.9 Å². The Bertz CT molecular complexity index is 221. The van der Waals surface area contributed by atoms with E-state index in [0.29, 0.717) is 0 Å². The van der Waals surface area contributed by atoms with Crippen molar-refractivity contribution < 1.29 is 0 Å². The third kappa shape index (κ3) is 4.74. The van der Waals surface area contributed by atoms with Crippen molar-refractivity contribution in [3.8, 4) is 0 Å². The van der Waals surface area contributed by atoms with Gasteiger partial charge in [0, 0.05) is 24.5 Å². The van der Waals surface area contributed by atoms with Gasteiger partial charge in [-0.15, -0.1) is 11.3 Å². The molecule has 0 aliphatic carbocycles.